The van der Waals surface area contributed by atoms with Gasteiger partial charge in [0.1, 0.15) is 6.07 Å². The molecule has 1 heterocycles. The first kappa shape index (κ1) is 14.2. The van der Waals surface area contributed by atoms with Crippen molar-refractivity contribution in [3.8, 4) is 6.07 Å². The van der Waals surface area contributed by atoms with Crippen LogP contribution < -0.4 is 4.90 Å². The third-order valence-electron chi connectivity index (χ3n) is 4.75. The summed E-state index contributed by atoms with van der Waals surface area (Å²) in [5.41, 5.74) is 2.22. The Morgan fingerprint density at radius 1 is 1.26 bits per heavy atom. The average molecular weight is 277 g/mol. The van der Waals surface area contributed by atoms with E-state index in [0.29, 0.717) is 10.4 Å². The normalized spacial score (nSPS) is 18.1. The van der Waals surface area contributed by atoms with Crippen LogP contribution in [0.4, 0.5) is 5.69 Å². The lowest BCUT2D eigenvalue weighted by Gasteiger charge is -2.42. The van der Waals surface area contributed by atoms with E-state index in [0.717, 1.165) is 24.3 Å². The Bertz CT molecular complexity index is 476. The lowest BCUT2D eigenvalue weighted by Crippen LogP contribution is -2.39. The lowest BCUT2D eigenvalue weighted by molar-refractivity contribution is 0.199. The van der Waals surface area contributed by atoms with Gasteiger partial charge in [-0.1, -0.05) is 38.3 Å². The fourth-order valence-electron chi connectivity index (χ4n) is 3.04. The lowest BCUT2D eigenvalue weighted by atomic mass is 9.74. The molecule has 2 rings (SSSR count). The summed E-state index contributed by atoms with van der Waals surface area (Å²) in [6.45, 7) is 6.63. The summed E-state index contributed by atoms with van der Waals surface area (Å²) < 4.78 is 0. The molecular formula is C16H21ClN2. The van der Waals surface area contributed by atoms with Crippen LogP contribution in [0.25, 0.3) is 0 Å². The molecule has 0 saturated carbocycles. The maximum absolute atomic E-state index is 9.22. The van der Waals surface area contributed by atoms with Crippen LogP contribution >= 0.6 is 11.6 Å². The van der Waals surface area contributed by atoms with Gasteiger partial charge < -0.3 is 4.90 Å². The molecule has 1 saturated heterocycles. The zero-order valence-electron chi connectivity index (χ0n) is 11.7. The van der Waals surface area contributed by atoms with Crippen LogP contribution in [0, 0.1) is 16.7 Å². The topological polar surface area (TPSA) is 27.0 Å². The molecule has 0 radical (unpaired) electrons. The first-order valence-corrected chi connectivity index (χ1v) is 7.46. The second-order valence-electron chi connectivity index (χ2n) is 5.47. The molecule has 102 valence electrons. The molecule has 0 aliphatic carbocycles. The molecular weight excluding hydrogens is 256 g/mol. The minimum Gasteiger partial charge on any atom is -0.370 e. The number of nitriles is 1. The van der Waals surface area contributed by atoms with Crippen LogP contribution in [-0.4, -0.2) is 13.1 Å². The zero-order chi connectivity index (χ0) is 13.9. The van der Waals surface area contributed by atoms with Crippen molar-refractivity contribution < 1.29 is 0 Å². The van der Waals surface area contributed by atoms with E-state index in [9.17, 15) is 5.26 Å². The molecule has 19 heavy (non-hydrogen) atoms. The summed E-state index contributed by atoms with van der Waals surface area (Å²) in [5, 5.41) is 9.92. The van der Waals surface area contributed by atoms with Gasteiger partial charge >= 0.3 is 0 Å². The maximum Gasteiger partial charge on any atom is 0.101 e. The van der Waals surface area contributed by atoms with E-state index >= 15 is 0 Å². The van der Waals surface area contributed by atoms with Gasteiger partial charge in [-0.05, 0) is 36.5 Å². The Balaban J connectivity index is 2.18. The van der Waals surface area contributed by atoms with Crippen LogP contribution in [0.3, 0.4) is 0 Å². The van der Waals surface area contributed by atoms with Gasteiger partial charge in [-0.2, -0.15) is 5.26 Å². The number of rotatable bonds is 3. The smallest absolute Gasteiger partial charge is 0.101 e. The molecule has 1 fully saturated rings. The maximum atomic E-state index is 9.22. The molecule has 1 aliphatic heterocycles. The number of hydrogen-bond donors (Lipinski definition) is 0. The van der Waals surface area contributed by atoms with E-state index in [4.69, 9.17) is 11.6 Å². The first-order chi connectivity index (χ1) is 9.14. The van der Waals surface area contributed by atoms with Crippen molar-refractivity contribution in [2.45, 2.75) is 39.5 Å². The third kappa shape index (κ3) is 2.87. The van der Waals surface area contributed by atoms with E-state index in [2.05, 4.69) is 24.8 Å². The molecule has 1 aromatic carbocycles. The highest BCUT2D eigenvalue weighted by Gasteiger charge is 2.31. The zero-order valence-corrected chi connectivity index (χ0v) is 12.5. The third-order valence-corrected chi connectivity index (χ3v) is 4.98. The van der Waals surface area contributed by atoms with Crippen molar-refractivity contribution in [2.75, 3.05) is 18.0 Å². The van der Waals surface area contributed by atoms with E-state index in [-0.39, 0.29) is 0 Å². The van der Waals surface area contributed by atoms with Crippen molar-refractivity contribution in [3.05, 3.63) is 28.8 Å². The van der Waals surface area contributed by atoms with Crippen LogP contribution in [-0.2, 0) is 0 Å². The van der Waals surface area contributed by atoms with E-state index < -0.39 is 0 Å². The summed E-state index contributed by atoms with van der Waals surface area (Å²) in [5.74, 6) is 0. The molecule has 0 unspecified atom stereocenters. The molecule has 0 N–H and O–H groups in total. The van der Waals surface area contributed by atoms with E-state index in [1.54, 1.807) is 6.07 Å². The number of anilines is 1. The minimum absolute atomic E-state index is 0.502. The molecule has 2 nitrogen and oxygen atoms in total. The van der Waals surface area contributed by atoms with Crippen molar-refractivity contribution in [3.63, 3.8) is 0 Å². The molecule has 0 spiro atoms. The van der Waals surface area contributed by atoms with Gasteiger partial charge in [0.15, 0.2) is 0 Å². The Hall–Kier alpha value is -1.20. The molecule has 0 bridgehead atoms. The van der Waals surface area contributed by atoms with Crippen molar-refractivity contribution >= 4 is 17.3 Å². The predicted molar refractivity (Wildman–Crippen MR) is 80.6 cm³/mol. The molecule has 0 amide bonds. The fraction of sp³-hybridized carbons (Fsp3) is 0.562. The number of benzene rings is 1. The quantitative estimate of drug-likeness (QED) is 0.805. The van der Waals surface area contributed by atoms with Gasteiger partial charge in [0.2, 0.25) is 0 Å². The average Bonchev–Trinajstić information content (AvgIpc) is 2.47. The summed E-state index contributed by atoms with van der Waals surface area (Å²) in [7, 11) is 0. The number of nitrogens with zero attached hydrogens (tertiary/aromatic N) is 2. The van der Waals surface area contributed by atoms with Crippen LogP contribution in [0.2, 0.25) is 5.02 Å². The number of halogens is 1. The van der Waals surface area contributed by atoms with Gasteiger partial charge in [-0.15, -0.1) is 0 Å². The molecule has 0 atom stereocenters. The highest BCUT2D eigenvalue weighted by molar-refractivity contribution is 6.30. The highest BCUT2D eigenvalue weighted by atomic mass is 35.5. The molecule has 0 aromatic heterocycles. The standard InChI is InChI=1S/C16H21ClN2/c1-3-16(4-2)7-9-19(10-8-16)15-11-14(17)6-5-13(15)12-18/h5-6,11H,3-4,7-10H2,1-2H3. The van der Waals surface area contributed by atoms with Gasteiger partial charge in [-0.3, -0.25) is 0 Å². The van der Waals surface area contributed by atoms with Gasteiger partial charge in [0, 0.05) is 18.1 Å². The van der Waals surface area contributed by atoms with Crippen LogP contribution in [0.5, 0.6) is 0 Å². The highest BCUT2D eigenvalue weighted by Crippen LogP contribution is 2.39. The fourth-order valence-corrected chi connectivity index (χ4v) is 3.21. The van der Waals surface area contributed by atoms with Crippen LogP contribution in [0.15, 0.2) is 18.2 Å². The Kier molecular flexibility index (Phi) is 4.37. The first-order valence-electron chi connectivity index (χ1n) is 7.09. The monoisotopic (exact) mass is 276 g/mol. The Labute approximate surface area is 121 Å². The number of hydrogen-bond acceptors (Lipinski definition) is 2. The van der Waals surface area contributed by atoms with E-state index in [1.165, 1.54) is 25.7 Å². The second-order valence-corrected chi connectivity index (χ2v) is 5.90. The van der Waals surface area contributed by atoms with Crippen molar-refractivity contribution in [2.24, 2.45) is 5.41 Å². The van der Waals surface area contributed by atoms with Crippen molar-refractivity contribution in [1.82, 2.24) is 0 Å². The van der Waals surface area contributed by atoms with E-state index in [1.807, 2.05) is 12.1 Å². The minimum atomic E-state index is 0.502. The van der Waals surface area contributed by atoms with Gasteiger partial charge in [0.25, 0.3) is 0 Å². The molecule has 3 heteroatoms. The van der Waals surface area contributed by atoms with Crippen LogP contribution in [0.1, 0.15) is 45.1 Å². The summed E-state index contributed by atoms with van der Waals surface area (Å²) in [6.07, 6.45) is 4.91. The van der Waals surface area contributed by atoms with Gasteiger partial charge in [0.05, 0.1) is 11.3 Å². The SMILES string of the molecule is CCC1(CC)CCN(c2cc(Cl)ccc2C#N)CC1. The second kappa shape index (κ2) is 5.84. The Morgan fingerprint density at radius 3 is 2.42 bits per heavy atom. The summed E-state index contributed by atoms with van der Waals surface area (Å²) in [4.78, 5) is 2.31. The summed E-state index contributed by atoms with van der Waals surface area (Å²) in [6, 6.07) is 7.80. The largest absolute Gasteiger partial charge is 0.370 e. The molecule has 1 aromatic rings. The number of piperidine rings is 1. The Morgan fingerprint density at radius 2 is 1.89 bits per heavy atom. The summed E-state index contributed by atoms with van der Waals surface area (Å²) >= 11 is 6.07. The molecule has 1 aliphatic rings. The van der Waals surface area contributed by atoms with Gasteiger partial charge in [-0.25, -0.2) is 0 Å². The van der Waals surface area contributed by atoms with Crippen molar-refractivity contribution in [1.29, 1.82) is 5.26 Å². The predicted octanol–water partition coefficient (Wildman–Crippen LogP) is 4.62.